The topological polar surface area (TPSA) is 99.1 Å². The van der Waals surface area contributed by atoms with Crippen molar-refractivity contribution >= 4 is 17.2 Å². The first kappa shape index (κ1) is 9.11. The summed E-state index contributed by atoms with van der Waals surface area (Å²) in [6.07, 6.45) is 1.01. The molecular weight excluding hydrogens is 174 g/mol. The van der Waals surface area contributed by atoms with Crippen LogP contribution in [0.15, 0.2) is 12.3 Å². The Morgan fingerprint density at radius 1 is 1.69 bits per heavy atom. The predicted molar refractivity (Wildman–Crippen MR) is 45.3 cm³/mol. The maximum absolute atomic E-state index is 10.8. The molecule has 0 fully saturated rings. The molecule has 0 unspecified atom stereocenters. The van der Waals surface area contributed by atoms with Gasteiger partial charge in [0.25, 0.3) is 5.69 Å². The third-order valence-corrected chi connectivity index (χ3v) is 1.45. The number of aromatic nitrogens is 1. The minimum Gasteiger partial charge on any atom is -0.397 e. The number of Topliss-reactive ketones (excluding diaryl/α,β-unsaturated/α-hetero) is 1. The first-order valence-electron chi connectivity index (χ1n) is 3.43. The summed E-state index contributed by atoms with van der Waals surface area (Å²) in [7, 11) is 0. The van der Waals surface area contributed by atoms with Crippen molar-refractivity contribution < 1.29 is 9.72 Å². The van der Waals surface area contributed by atoms with Crippen LogP contribution in [0.4, 0.5) is 11.4 Å². The van der Waals surface area contributed by atoms with Crippen molar-refractivity contribution in [1.29, 1.82) is 0 Å². The van der Waals surface area contributed by atoms with Gasteiger partial charge in [-0.25, -0.2) is 4.98 Å². The molecule has 1 aromatic heterocycles. The molecule has 0 saturated heterocycles. The second-order valence-electron chi connectivity index (χ2n) is 2.44. The first-order valence-corrected chi connectivity index (χ1v) is 3.43. The number of hydrogen-bond donors (Lipinski definition) is 1. The van der Waals surface area contributed by atoms with Crippen LogP contribution in [-0.2, 0) is 0 Å². The molecule has 0 aromatic carbocycles. The Hall–Kier alpha value is -1.98. The van der Waals surface area contributed by atoms with E-state index >= 15 is 0 Å². The summed E-state index contributed by atoms with van der Waals surface area (Å²) in [5.74, 6) is -0.313. The van der Waals surface area contributed by atoms with Crippen molar-refractivity contribution in [2.75, 3.05) is 5.73 Å². The van der Waals surface area contributed by atoms with Crippen molar-refractivity contribution in [3.63, 3.8) is 0 Å². The second kappa shape index (κ2) is 3.18. The lowest BCUT2D eigenvalue weighted by Gasteiger charge is -1.98. The van der Waals surface area contributed by atoms with Gasteiger partial charge in [0.05, 0.1) is 10.6 Å². The van der Waals surface area contributed by atoms with Crippen LogP contribution < -0.4 is 5.73 Å². The molecule has 0 aliphatic heterocycles. The standard InChI is InChI=1S/C7H7N3O3/c1-4(11)7-6(8)2-5(3-9-7)10(12)13/h2-3H,8H2,1H3. The van der Waals surface area contributed by atoms with Gasteiger partial charge in [-0.3, -0.25) is 14.9 Å². The average Bonchev–Trinajstić information content (AvgIpc) is 2.03. The molecule has 1 aromatic rings. The van der Waals surface area contributed by atoms with Crippen LogP contribution in [0.2, 0.25) is 0 Å². The lowest BCUT2D eigenvalue weighted by atomic mass is 10.2. The van der Waals surface area contributed by atoms with E-state index in [2.05, 4.69) is 4.98 Å². The van der Waals surface area contributed by atoms with Crippen LogP contribution >= 0.6 is 0 Å². The molecule has 6 nitrogen and oxygen atoms in total. The lowest BCUT2D eigenvalue weighted by Crippen LogP contribution is -2.03. The number of nitrogens with zero attached hydrogens (tertiary/aromatic N) is 2. The van der Waals surface area contributed by atoms with E-state index in [0.29, 0.717) is 0 Å². The number of pyridine rings is 1. The molecule has 6 heteroatoms. The number of carbonyl (C=O) groups is 1. The summed E-state index contributed by atoms with van der Waals surface area (Å²) in [4.78, 5) is 24.1. The summed E-state index contributed by atoms with van der Waals surface area (Å²) in [6.45, 7) is 1.30. The maximum Gasteiger partial charge on any atom is 0.289 e. The number of nitrogen functional groups attached to an aromatic ring is 1. The van der Waals surface area contributed by atoms with Crippen molar-refractivity contribution in [1.82, 2.24) is 4.98 Å². The monoisotopic (exact) mass is 181 g/mol. The largest absolute Gasteiger partial charge is 0.397 e. The predicted octanol–water partition coefficient (Wildman–Crippen LogP) is 0.775. The highest BCUT2D eigenvalue weighted by molar-refractivity contribution is 5.97. The number of rotatable bonds is 2. The van der Waals surface area contributed by atoms with Crippen LogP contribution in [0.25, 0.3) is 0 Å². The fraction of sp³-hybridized carbons (Fsp3) is 0.143. The highest BCUT2D eigenvalue weighted by Gasteiger charge is 2.12. The van der Waals surface area contributed by atoms with E-state index < -0.39 is 4.92 Å². The first-order chi connectivity index (χ1) is 6.02. The van der Waals surface area contributed by atoms with Crippen LogP contribution in [-0.4, -0.2) is 15.7 Å². The zero-order valence-electron chi connectivity index (χ0n) is 6.85. The lowest BCUT2D eigenvalue weighted by molar-refractivity contribution is -0.385. The Labute approximate surface area is 73.5 Å². The fourth-order valence-corrected chi connectivity index (χ4v) is 0.864. The maximum atomic E-state index is 10.8. The number of carbonyl (C=O) groups excluding carboxylic acids is 1. The van der Waals surface area contributed by atoms with Gasteiger partial charge in [-0.2, -0.15) is 0 Å². The molecular formula is C7H7N3O3. The highest BCUT2D eigenvalue weighted by atomic mass is 16.6. The quantitative estimate of drug-likeness (QED) is 0.412. The summed E-state index contributed by atoms with van der Waals surface area (Å²) in [6, 6.07) is 1.11. The van der Waals surface area contributed by atoms with Crippen molar-refractivity contribution in [3.8, 4) is 0 Å². The normalized spacial score (nSPS) is 9.62. The van der Waals surface area contributed by atoms with Crippen molar-refractivity contribution in [2.24, 2.45) is 0 Å². The van der Waals surface area contributed by atoms with Gasteiger partial charge < -0.3 is 5.73 Å². The Morgan fingerprint density at radius 3 is 2.69 bits per heavy atom. The number of ketones is 1. The molecule has 0 saturated carbocycles. The zero-order chi connectivity index (χ0) is 10.0. The molecule has 1 rings (SSSR count). The van der Waals surface area contributed by atoms with Crippen LogP contribution in [0, 0.1) is 10.1 Å². The molecule has 68 valence electrons. The van der Waals surface area contributed by atoms with Gasteiger partial charge in [-0.1, -0.05) is 0 Å². The fourth-order valence-electron chi connectivity index (χ4n) is 0.864. The minimum absolute atomic E-state index is 0.0294. The zero-order valence-corrected chi connectivity index (χ0v) is 6.85. The smallest absolute Gasteiger partial charge is 0.289 e. The Morgan fingerprint density at radius 2 is 2.31 bits per heavy atom. The molecule has 1 heterocycles. The third-order valence-electron chi connectivity index (χ3n) is 1.45. The average molecular weight is 181 g/mol. The molecule has 0 aliphatic rings. The van der Waals surface area contributed by atoms with E-state index in [1.54, 1.807) is 0 Å². The number of hydrogen-bond acceptors (Lipinski definition) is 5. The molecule has 0 atom stereocenters. The van der Waals surface area contributed by atoms with E-state index in [9.17, 15) is 14.9 Å². The van der Waals surface area contributed by atoms with Gasteiger partial charge in [0.15, 0.2) is 5.78 Å². The summed E-state index contributed by atoms with van der Waals surface area (Å²) >= 11 is 0. The molecule has 0 bridgehead atoms. The van der Waals surface area contributed by atoms with Crippen LogP contribution in [0.1, 0.15) is 17.4 Å². The Balaban J connectivity index is 3.20. The van der Waals surface area contributed by atoms with Crippen LogP contribution in [0.3, 0.4) is 0 Å². The molecule has 0 radical (unpaired) electrons. The Bertz CT molecular complexity index is 375. The number of nitrogens with two attached hydrogens (primary N) is 1. The van der Waals surface area contributed by atoms with Crippen molar-refractivity contribution in [3.05, 3.63) is 28.1 Å². The number of nitro groups is 1. The van der Waals surface area contributed by atoms with E-state index in [4.69, 9.17) is 5.73 Å². The summed E-state index contributed by atoms with van der Waals surface area (Å²) in [5.41, 5.74) is 5.24. The van der Waals surface area contributed by atoms with E-state index in [1.807, 2.05) is 0 Å². The molecule has 2 N–H and O–H groups in total. The van der Waals surface area contributed by atoms with Gasteiger partial charge in [-0.15, -0.1) is 0 Å². The highest BCUT2D eigenvalue weighted by Crippen LogP contribution is 2.16. The second-order valence-corrected chi connectivity index (χ2v) is 2.44. The van der Waals surface area contributed by atoms with Gasteiger partial charge in [0.2, 0.25) is 0 Å². The molecule has 0 aliphatic carbocycles. The van der Waals surface area contributed by atoms with Crippen LogP contribution in [0.5, 0.6) is 0 Å². The van der Waals surface area contributed by atoms with Gasteiger partial charge in [0, 0.05) is 13.0 Å². The van der Waals surface area contributed by atoms with Gasteiger partial charge in [-0.05, 0) is 0 Å². The summed E-state index contributed by atoms with van der Waals surface area (Å²) in [5, 5.41) is 10.3. The van der Waals surface area contributed by atoms with E-state index in [1.165, 1.54) is 6.92 Å². The molecule has 0 spiro atoms. The minimum atomic E-state index is -0.618. The van der Waals surface area contributed by atoms with E-state index in [0.717, 1.165) is 12.3 Å². The van der Waals surface area contributed by atoms with Gasteiger partial charge >= 0.3 is 0 Å². The number of anilines is 1. The van der Waals surface area contributed by atoms with Gasteiger partial charge in [0.1, 0.15) is 11.9 Å². The Kier molecular flexibility index (Phi) is 2.23. The third kappa shape index (κ3) is 1.78. The van der Waals surface area contributed by atoms with E-state index in [-0.39, 0.29) is 22.9 Å². The molecule has 0 amide bonds. The SMILES string of the molecule is CC(=O)c1ncc([N+](=O)[O-])cc1N. The summed E-state index contributed by atoms with van der Waals surface area (Å²) < 4.78 is 0. The molecule has 13 heavy (non-hydrogen) atoms. The van der Waals surface area contributed by atoms with Crippen molar-refractivity contribution in [2.45, 2.75) is 6.92 Å².